The van der Waals surface area contributed by atoms with Gasteiger partial charge in [-0.05, 0) is 13.8 Å². The largest absolute Gasteiger partial charge is 0.394 e. The standard InChI is InChI=1S/C10H19NO7/c1-4(13)10(11,5(2)14)9(18)8(17)7(16)6(15)3-12/h6-9,12,15-18H,3,11H2,1-2H3/t6-,7-,8+,9-/m1/s1. The SMILES string of the molecule is CC(=O)C(N)(C(C)=O)[C@H](O)[C@@H](O)[C@H](O)[C@H](O)CO. The van der Waals surface area contributed by atoms with Crippen molar-refractivity contribution >= 4 is 11.6 Å². The van der Waals surface area contributed by atoms with E-state index in [0.717, 1.165) is 13.8 Å². The first-order chi connectivity index (χ1) is 8.10. The van der Waals surface area contributed by atoms with Crippen molar-refractivity contribution in [3.8, 4) is 0 Å². The van der Waals surface area contributed by atoms with Crippen LogP contribution in [0.1, 0.15) is 13.8 Å². The van der Waals surface area contributed by atoms with Crippen LogP contribution in [0, 0.1) is 0 Å². The Kier molecular flexibility index (Phi) is 6.00. The van der Waals surface area contributed by atoms with Crippen LogP contribution < -0.4 is 5.73 Å². The molecule has 0 bridgehead atoms. The van der Waals surface area contributed by atoms with E-state index in [1.54, 1.807) is 0 Å². The van der Waals surface area contributed by atoms with Crippen LogP contribution >= 0.6 is 0 Å². The molecule has 0 aromatic heterocycles. The van der Waals surface area contributed by atoms with Crippen molar-refractivity contribution in [2.24, 2.45) is 5.73 Å². The highest BCUT2D eigenvalue weighted by molar-refractivity contribution is 6.10. The van der Waals surface area contributed by atoms with E-state index in [2.05, 4.69) is 0 Å². The Bertz CT molecular complexity index is 305. The van der Waals surface area contributed by atoms with Crippen LogP contribution in [0.5, 0.6) is 0 Å². The van der Waals surface area contributed by atoms with E-state index in [-0.39, 0.29) is 0 Å². The first-order valence-electron chi connectivity index (χ1n) is 5.24. The Labute approximate surface area is 104 Å². The molecule has 18 heavy (non-hydrogen) atoms. The fourth-order valence-corrected chi connectivity index (χ4v) is 1.46. The third-order valence-corrected chi connectivity index (χ3v) is 2.89. The summed E-state index contributed by atoms with van der Waals surface area (Å²) in [6, 6.07) is 0. The van der Waals surface area contributed by atoms with Crippen molar-refractivity contribution in [2.45, 2.75) is 43.8 Å². The molecule has 0 aromatic carbocycles. The van der Waals surface area contributed by atoms with Crippen LogP contribution in [0.4, 0.5) is 0 Å². The highest BCUT2D eigenvalue weighted by Gasteiger charge is 2.49. The van der Waals surface area contributed by atoms with E-state index < -0.39 is 48.1 Å². The minimum absolute atomic E-state index is 0.872. The number of Topliss-reactive ketones (excluding diaryl/α,β-unsaturated/α-hetero) is 2. The highest BCUT2D eigenvalue weighted by atomic mass is 16.4. The first kappa shape index (κ1) is 17.1. The number of carbonyl (C=O) groups is 2. The molecule has 0 fully saturated rings. The Balaban J connectivity index is 5.17. The molecule has 0 rings (SSSR count). The summed E-state index contributed by atoms with van der Waals surface area (Å²) in [4.78, 5) is 22.6. The number of rotatable bonds is 7. The van der Waals surface area contributed by atoms with Crippen molar-refractivity contribution in [3.05, 3.63) is 0 Å². The summed E-state index contributed by atoms with van der Waals surface area (Å²) in [7, 11) is 0. The molecule has 0 aliphatic carbocycles. The lowest BCUT2D eigenvalue weighted by atomic mass is 9.81. The van der Waals surface area contributed by atoms with E-state index in [1.807, 2.05) is 0 Å². The van der Waals surface area contributed by atoms with Crippen LogP contribution in [0.25, 0.3) is 0 Å². The molecular weight excluding hydrogens is 246 g/mol. The molecular formula is C10H19NO7. The van der Waals surface area contributed by atoms with Crippen LogP contribution in [0.15, 0.2) is 0 Å². The van der Waals surface area contributed by atoms with Crippen LogP contribution in [0.2, 0.25) is 0 Å². The maximum absolute atomic E-state index is 11.3. The predicted molar refractivity (Wildman–Crippen MR) is 59.4 cm³/mol. The molecule has 0 saturated heterocycles. The monoisotopic (exact) mass is 265 g/mol. The average molecular weight is 265 g/mol. The Morgan fingerprint density at radius 1 is 1.06 bits per heavy atom. The number of carbonyl (C=O) groups excluding carboxylic acids is 2. The molecule has 0 amide bonds. The molecule has 0 radical (unpaired) electrons. The summed E-state index contributed by atoms with van der Waals surface area (Å²) in [6.07, 6.45) is -7.86. The highest BCUT2D eigenvalue weighted by Crippen LogP contribution is 2.17. The number of nitrogens with two attached hydrogens (primary N) is 1. The van der Waals surface area contributed by atoms with E-state index in [1.165, 1.54) is 0 Å². The van der Waals surface area contributed by atoms with Gasteiger partial charge in [0.15, 0.2) is 17.1 Å². The number of hydrogen-bond donors (Lipinski definition) is 6. The van der Waals surface area contributed by atoms with E-state index in [9.17, 15) is 24.9 Å². The van der Waals surface area contributed by atoms with E-state index in [4.69, 9.17) is 15.9 Å². The van der Waals surface area contributed by atoms with Crippen LogP contribution in [-0.2, 0) is 9.59 Å². The molecule has 7 N–H and O–H groups in total. The fraction of sp³-hybridized carbons (Fsp3) is 0.800. The topological polar surface area (TPSA) is 161 Å². The third-order valence-electron chi connectivity index (χ3n) is 2.89. The Morgan fingerprint density at radius 2 is 1.44 bits per heavy atom. The normalized spacial score (nSPS) is 18.9. The molecule has 0 saturated carbocycles. The van der Waals surface area contributed by atoms with Gasteiger partial charge in [0, 0.05) is 0 Å². The zero-order valence-corrected chi connectivity index (χ0v) is 10.1. The Morgan fingerprint density at radius 3 is 1.72 bits per heavy atom. The minimum atomic E-state index is -2.38. The van der Waals surface area contributed by atoms with Crippen molar-refractivity contribution in [1.82, 2.24) is 0 Å². The zero-order chi connectivity index (χ0) is 14.7. The molecule has 8 heteroatoms. The second-order valence-electron chi connectivity index (χ2n) is 4.16. The van der Waals surface area contributed by atoms with Gasteiger partial charge in [-0.1, -0.05) is 0 Å². The van der Waals surface area contributed by atoms with Crippen molar-refractivity contribution in [3.63, 3.8) is 0 Å². The molecule has 0 spiro atoms. The molecule has 0 heterocycles. The maximum atomic E-state index is 11.3. The Hall–Kier alpha value is -0.900. The lowest BCUT2D eigenvalue weighted by Crippen LogP contribution is -2.67. The molecule has 106 valence electrons. The van der Waals surface area contributed by atoms with Gasteiger partial charge in [0.2, 0.25) is 0 Å². The van der Waals surface area contributed by atoms with E-state index >= 15 is 0 Å². The third kappa shape index (κ3) is 3.10. The van der Waals surface area contributed by atoms with Gasteiger partial charge in [-0.2, -0.15) is 0 Å². The summed E-state index contributed by atoms with van der Waals surface area (Å²) in [5.41, 5.74) is 3.06. The quantitative estimate of drug-likeness (QED) is 0.256. The van der Waals surface area contributed by atoms with E-state index in [0.29, 0.717) is 0 Å². The summed E-state index contributed by atoms with van der Waals surface area (Å²) >= 11 is 0. The van der Waals surface area contributed by atoms with Gasteiger partial charge in [0.25, 0.3) is 0 Å². The maximum Gasteiger partial charge on any atom is 0.162 e. The number of aliphatic hydroxyl groups is 5. The van der Waals surface area contributed by atoms with Crippen LogP contribution in [0.3, 0.4) is 0 Å². The fourth-order valence-electron chi connectivity index (χ4n) is 1.46. The van der Waals surface area contributed by atoms with Gasteiger partial charge < -0.3 is 31.3 Å². The van der Waals surface area contributed by atoms with Gasteiger partial charge in [-0.3, -0.25) is 9.59 Å². The molecule has 4 atom stereocenters. The van der Waals surface area contributed by atoms with Crippen LogP contribution in [-0.4, -0.2) is 73.7 Å². The lowest BCUT2D eigenvalue weighted by Gasteiger charge is -2.35. The van der Waals surface area contributed by atoms with Crippen molar-refractivity contribution in [2.75, 3.05) is 6.61 Å². The summed E-state index contributed by atoms with van der Waals surface area (Å²) < 4.78 is 0. The summed E-state index contributed by atoms with van der Waals surface area (Å²) in [5.74, 6) is -1.79. The predicted octanol–water partition coefficient (Wildman–Crippen LogP) is -3.70. The minimum Gasteiger partial charge on any atom is -0.394 e. The number of ketones is 2. The van der Waals surface area contributed by atoms with Gasteiger partial charge in [0.05, 0.1) is 6.61 Å². The van der Waals surface area contributed by atoms with Gasteiger partial charge in [-0.15, -0.1) is 0 Å². The molecule has 0 unspecified atom stereocenters. The lowest BCUT2D eigenvalue weighted by molar-refractivity contribution is -0.154. The number of aliphatic hydroxyl groups excluding tert-OH is 5. The molecule has 0 aliphatic heterocycles. The molecule has 8 nitrogen and oxygen atoms in total. The summed E-state index contributed by atoms with van der Waals surface area (Å²) in [5, 5.41) is 46.4. The molecule has 0 aromatic rings. The summed E-state index contributed by atoms with van der Waals surface area (Å²) in [6.45, 7) is 1.03. The van der Waals surface area contributed by atoms with Gasteiger partial charge in [-0.25, -0.2) is 0 Å². The smallest absolute Gasteiger partial charge is 0.162 e. The van der Waals surface area contributed by atoms with Gasteiger partial charge >= 0.3 is 0 Å². The van der Waals surface area contributed by atoms with Crippen molar-refractivity contribution < 1.29 is 35.1 Å². The second kappa shape index (κ2) is 6.32. The average Bonchev–Trinajstić information content (AvgIpc) is 2.33. The second-order valence-corrected chi connectivity index (χ2v) is 4.16. The first-order valence-corrected chi connectivity index (χ1v) is 5.24. The number of hydrogen-bond acceptors (Lipinski definition) is 8. The zero-order valence-electron chi connectivity index (χ0n) is 10.1. The van der Waals surface area contributed by atoms with Crippen molar-refractivity contribution in [1.29, 1.82) is 0 Å². The molecule has 0 aliphatic rings. The van der Waals surface area contributed by atoms with Gasteiger partial charge in [0.1, 0.15) is 24.4 Å².